The molecule has 0 radical (unpaired) electrons. The predicted molar refractivity (Wildman–Crippen MR) is 102 cm³/mol. The molecule has 0 heterocycles. The zero-order valence-corrected chi connectivity index (χ0v) is 14.0. The first-order chi connectivity index (χ1) is 11.7. The normalized spacial score (nSPS) is 11.7. The Kier molecular flexibility index (Phi) is 4.68. The van der Waals surface area contributed by atoms with Gasteiger partial charge in [0.15, 0.2) is 0 Å². The molecule has 0 amide bonds. The van der Waals surface area contributed by atoms with E-state index in [1.54, 1.807) is 0 Å². The number of ether oxygens (including phenoxy) is 1. The van der Waals surface area contributed by atoms with Crippen LogP contribution in [0.2, 0.25) is 0 Å². The number of terminal acetylenes is 1. The van der Waals surface area contributed by atoms with Gasteiger partial charge in [0.2, 0.25) is 0 Å². The minimum Gasteiger partial charge on any atom is -0.489 e. The fraction of sp³-hybridized carbons (Fsp3) is 0.130. The maximum absolute atomic E-state index is 5.97. The Morgan fingerprint density at radius 3 is 2.50 bits per heavy atom. The molecule has 0 unspecified atom stereocenters. The molecule has 0 bridgehead atoms. The predicted octanol–water partition coefficient (Wildman–Crippen LogP) is 5.85. The first-order valence-electron chi connectivity index (χ1n) is 8.02. The third kappa shape index (κ3) is 3.50. The lowest BCUT2D eigenvalue weighted by Gasteiger charge is -2.10. The highest BCUT2D eigenvalue weighted by atomic mass is 16.5. The van der Waals surface area contributed by atoms with E-state index >= 15 is 0 Å². The van der Waals surface area contributed by atoms with Gasteiger partial charge in [-0.25, -0.2) is 0 Å². The van der Waals surface area contributed by atoms with E-state index < -0.39 is 0 Å². The average Bonchev–Trinajstić information content (AvgIpc) is 2.65. The molecule has 0 saturated carbocycles. The van der Waals surface area contributed by atoms with Crippen LogP contribution in [0.15, 0.2) is 72.3 Å². The van der Waals surface area contributed by atoms with Gasteiger partial charge >= 0.3 is 0 Å². The SMILES string of the molecule is C#C/C(C)=C(/C)c1cccc(COc2ccc3ccccc3c2)c1. The van der Waals surface area contributed by atoms with Crippen LogP contribution in [-0.4, -0.2) is 0 Å². The minimum atomic E-state index is 0.536. The highest BCUT2D eigenvalue weighted by molar-refractivity contribution is 5.83. The molecular formula is C23H20O. The lowest BCUT2D eigenvalue weighted by molar-refractivity contribution is 0.306. The maximum Gasteiger partial charge on any atom is 0.120 e. The number of benzene rings is 3. The third-order valence-corrected chi connectivity index (χ3v) is 4.27. The number of rotatable bonds is 4. The van der Waals surface area contributed by atoms with Crippen molar-refractivity contribution < 1.29 is 4.74 Å². The van der Waals surface area contributed by atoms with Crippen molar-refractivity contribution >= 4 is 16.3 Å². The Bertz CT molecular complexity index is 941. The second-order valence-electron chi connectivity index (χ2n) is 5.89. The Balaban J connectivity index is 1.78. The standard InChI is InChI=1S/C23H20O/c1-4-17(2)18(3)21-11-7-8-19(14-21)16-24-23-13-12-20-9-5-6-10-22(20)15-23/h1,5-15H,16H2,2-3H3/b18-17-. The summed E-state index contributed by atoms with van der Waals surface area (Å²) in [5.41, 5.74) is 4.36. The van der Waals surface area contributed by atoms with E-state index in [9.17, 15) is 0 Å². The molecule has 118 valence electrons. The van der Waals surface area contributed by atoms with E-state index in [1.807, 2.05) is 31.2 Å². The van der Waals surface area contributed by atoms with Crippen LogP contribution in [0.4, 0.5) is 0 Å². The summed E-state index contributed by atoms with van der Waals surface area (Å²) in [6, 6.07) is 22.8. The fourth-order valence-electron chi connectivity index (χ4n) is 2.64. The van der Waals surface area contributed by atoms with Gasteiger partial charge in [0.05, 0.1) is 0 Å². The molecule has 24 heavy (non-hydrogen) atoms. The van der Waals surface area contributed by atoms with Gasteiger partial charge < -0.3 is 4.74 Å². The molecule has 3 rings (SSSR count). The Labute approximate surface area is 143 Å². The smallest absolute Gasteiger partial charge is 0.120 e. The number of allylic oxidation sites excluding steroid dienone is 2. The third-order valence-electron chi connectivity index (χ3n) is 4.27. The van der Waals surface area contributed by atoms with E-state index in [2.05, 4.69) is 55.3 Å². The molecule has 3 aromatic rings. The zero-order chi connectivity index (χ0) is 16.9. The highest BCUT2D eigenvalue weighted by Crippen LogP contribution is 2.23. The van der Waals surface area contributed by atoms with Gasteiger partial charge in [-0.1, -0.05) is 54.5 Å². The minimum absolute atomic E-state index is 0.536. The first-order valence-corrected chi connectivity index (χ1v) is 8.02. The van der Waals surface area contributed by atoms with Crippen molar-refractivity contribution in [3.8, 4) is 18.1 Å². The largest absolute Gasteiger partial charge is 0.489 e. The van der Waals surface area contributed by atoms with Gasteiger partial charge in [-0.15, -0.1) is 6.42 Å². The summed E-state index contributed by atoms with van der Waals surface area (Å²) in [6.07, 6.45) is 5.50. The van der Waals surface area contributed by atoms with Gasteiger partial charge in [-0.3, -0.25) is 0 Å². The first kappa shape index (κ1) is 15.9. The van der Waals surface area contributed by atoms with E-state index in [4.69, 9.17) is 11.2 Å². The lowest BCUT2D eigenvalue weighted by Crippen LogP contribution is -1.96. The molecule has 0 spiro atoms. The van der Waals surface area contributed by atoms with Crippen LogP contribution in [0.5, 0.6) is 5.75 Å². The topological polar surface area (TPSA) is 9.23 Å². The fourth-order valence-corrected chi connectivity index (χ4v) is 2.64. The van der Waals surface area contributed by atoms with Crippen LogP contribution in [-0.2, 0) is 6.61 Å². The van der Waals surface area contributed by atoms with Crippen LogP contribution < -0.4 is 4.74 Å². The van der Waals surface area contributed by atoms with Crippen LogP contribution in [0.3, 0.4) is 0 Å². The molecule has 0 aromatic heterocycles. The summed E-state index contributed by atoms with van der Waals surface area (Å²) in [5, 5.41) is 2.41. The number of hydrogen-bond donors (Lipinski definition) is 0. The van der Waals surface area contributed by atoms with Crippen LogP contribution in [0, 0.1) is 12.3 Å². The van der Waals surface area contributed by atoms with Crippen LogP contribution in [0.25, 0.3) is 16.3 Å². The number of hydrogen-bond acceptors (Lipinski definition) is 1. The molecule has 0 atom stereocenters. The van der Waals surface area contributed by atoms with Crippen molar-refractivity contribution in [2.24, 2.45) is 0 Å². The molecule has 0 aliphatic heterocycles. The molecule has 1 heteroatoms. The molecule has 0 fully saturated rings. The molecule has 0 aliphatic rings. The van der Waals surface area contributed by atoms with Gasteiger partial charge in [0, 0.05) is 5.57 Å². The summed E-state index contributed by atoms with van der Waals surface area (Å²) in [4.78, 5) is 0. The second kappa shape index (κ2) is 7.06. The van der Waals surface area contributed by atoms with Gasteiger partial charge in [0.1, 0.15) is 12.4 Å². The quantitative estimate of drug-likeness (QED) is 0.549. The van der Waals surface area contributed by atoms with Crippen molar-refractivity contribution in [2.45, 2.75) is 20.5 Å². The summed E-state index contributed by atoms with van der Waals surface area (Å²) in [5.74, 6) is 3.59. The summed E-state index contributed by atoms with van der Waals surface area (Å²) in [6.45, 7) is 4.56. The van der Waals surface area contributed by atoms with Crippen molar-refractivity contribution in [1.82, 2.24) is 0 Å². The summed E-state index contributed by atoms with van der Waals surface area (Å²) in [7, 11) is 0. The maximum atomic E-state index is 5.97. The van der Waals surface area contributed by atoms with E-state index in [0.717, 1.165) is 28.0 Å². The van der Waals surface area contributed by atoms with Gasteiger partial charge in [-0.05, 0) is 59.5 Å². The zero-order valence-electron chi connectivity index (χ0n) is 14.0. The molecule has 0 N–H and O–H groups in total. The van der Waals surface area contributed by atoms with E-state index in [-0.39, 0.29) is 0 Å². The molecule has 0 saturated heterocycles. The monoisotopic (exact) mass is 312 g/mol. The second-order valence-corrected chi connectivity index (χ2v) is 5.89. The number of fused-ring (bicyclic) bond motifs is 1. The van der Waals surface area contributed by atoms with Crippen molar-refractivity contribution in [3.63, 3.8) is 0 Å². The van der Waals surface area contributed by atoms with Gasteiger partial charge in [-0.2, -0.15) is 0 Å². The van der Waals surface area contributed by atoms with Crippen LogP contribution in [0.1, 0.15) is 25.0 Å². The van der Waals surface area contributed by atoms with Crippen molar-refractivity contribution in [3.05, 3.63) is 83.4 Å². The van der Waals surface area contributed by atoms with Crippen LogP contribution >= 0.6 is 0 Å². The Morgan fingerprint density at radius 2 is 1.71 bits per heavy atom. The average molecular weight is 312 g/mol. The van der Waals surface area contributed by atoms with E-state index in [1.165, 1.54) is 10.8 Å². The highest BCUT2D eigenvalue weighted by Gasteiger charge is 2.02. The molecule has 3 aromatic carbocycles. The summed E-state index contributed by atoms with van der Waals surface area (Å²) < 4.78 is 5.97. The van der Waals surface area contributed by atoms with Crippen molar-refractivity contribution in [2.75, 3.05) is 0 Å². The molecular weight excluding hydrogens is 292 g/mol. The Hall–Kier alpha value is -2.98. The molecule has 0 aliphatic carbocycles. The molecule has 1 nitrogen and oxygen atoms in total. The van der Waals surface area contributed by atoms with Crippen molar-refractivity contribution in [1.29, 1.82) is 0 Å². The summed E-state index contributed by atoms with van der Waals surface area (Å²) >= 11 is 0. The van der Waals surface area contributed by atoms with Gasteiger partial charge in [0.25, 0.3) is 0 Å². The lowest BCUT2D eigenvalue weighted by atomic mass is 10.0. The Morgan fingerprint density at radius 1 is 0.917 bits per heavy atom. The van der Waals surface area contributed by atoms with E-state index in [0.29, 0.717) is 6.61 Å².